The first kappa shape index (κ1) is 17.5. The molecular formula is C14H12ClF3N4O3. The molecule has 1 aliphatic heterocycles. The van der Waals surface area contributed by atoms with E-state index < -0.39 is 34.5 Å². The molecule has 0 spiro atoms. The van der Waals surface area contributed by atoms with E-state index in [-0.39, 0.29) is 24.5 Å². The summed E-state index contributed by atoms with van der Waals surface area (Å²) in [7, 11) is 0. The van der Waals surface area contributed by atoms with Gasteiger partial charge in [0.15, 0.2) is 0 Å². The van der Waals surface area contributed by atoms with Crippen molar-refractivity contribution in [3.63, 3.8) is 0 Å². The second-order valence-corrected chi connectivity index (χ2v) is 5.97. The third-order valence-corrected chi connectivity index (χ3v) is 4.40. The number of carboxylic acids is 1. The van der Waals surface area contributed by atoms with Crippen molar-refractivity contribution in [2.75, 3.05) is 0 Å². The van der Waals surface area contributed by atoms with Gasteiger partial charge in [0.2, 0.25) is 0 Å². The maximum Gasteiger partial charge on any atom is 0.417 e. The Balaban J connectivity index is 2.01. The molecule has 0 radical (unpaired) electrons. The zero-order valence-electron chi connectivity index (χ0n) is 12.6. The largest absolute Gasteiger partial charge is 0.480 e. The van der Waals surface area contributed by atoms with Gasteiger partial charge in [-0.2, -0.15) is 18.3 Å². The number of fused-ring (bicyclic) bond motifs is 1. The van der Waals surface area contributed by atoms with Gasteiger partial charge in [-0.15, -0.1) is 0 Å². The standard InChI is InChI=1S/C14H12ClF3N4O3/c15-11-7(14(16,17)18)4-5-19-8(11)6-21-13(25)22-9(12(23)24)2-1-3-10(22)20-21/h4-5,9H,1-3,6H2,(H,23,24). The van der Waals surface area contributed by atoms with E-state index in [0.29, 0.717) is 12.8 Å². The van der Waals surface area contributed by atoms with Crippen molar-refractivity contribution >= 4 is 17.6 Å². The second-order valence-electron chi connectivity index (χ2n) is 5.59. The third-order valence-electron chi connectivity index (χ3n) is 3.98. The van der Waals surface area contributed by atoms with E-state index in [9.17, 15) is 27.9 Å². The molecular weight excluding hydrogens is 365 g/mol. The van der Waals surface area contributed by atoms with Crippen molar-refractivity contribution in [1.29, 1.82) is 0 Å². The van der Waals surface area contributed by atoms with E-state index in [1.54, 1.807) is 0 Å². The highest BCUT2D eigenvalue weighted by molar-refractivity contribution is 6.32. The first-order chi connectivity index (χ1) is 11.7. The number of aliphatic carboxylic acids is 1. The van der Waals surface area contributed by atoms with Gasteiger partial charge in [-0.1, -0.05) is 11.6 Å². The number of alkyl halides is 3. The monoisotopic (exact) mass is 376 g/mol. The predicted octanol–water partition coefficient (Wildman–Crippen LogP) is 2.12. The molecule has 3 rings (SSSR count). The van der Waals surface area contributed by atoms with Crippen molar-refractivity contribution in [2.45, 2.75) is 38.0 Å². The van der Waals surface area contributed by atoms with Crippen LogP contribution in [0.25, 0.3) is 0 Å². The summed E-state index contributed by atoms with van der Waals surface area (Å²) >= 11 is 5.77. The van der Waals surface area contributed by atoms with Crippen LogP contribution in [0, 0.1) is 0 Å². The molecule has 11 heteroatoms. The fourth-order valence-electron chi connectivity index (χ4n) is 2.83. The molecule has 0 amide bonds. The lowest BCUT2D eigenvalue weighted by Gasteiger charge is -2.19. The summed E-state index contributed by atoms with van der Waals surface area (Å²) in [4.78, 5) is 27.5. The quantitative estimate of drug-likeness (QED) is 0.886. The second kappa shape index (κ2) is 6.17. The molecule has 134 valence electrons. The number of pyridine rings is 1. The molecule has 2 aromatic heterocycles. The number of carbonyl (C=O) groups is 1. The van der Waals surface area contributed by atoms with Crippen molar-refractivity contribution in [2.24, 2.45) is 0 Å². The van der Waals surface area contributed by atoms with Gasteiger partial charge >= 0.3 is 17.8 Å². The molecule has 2 aromatic rings. The van der Waals surface area contributed by atoms with Gasteiger partial charge in [-0.05, 0) is 18.9 Å². The highest BCUT2D eigenvalue weighted by Gasteiger charge is 2.35. The molecule has 1 atom stereocenters. The number of aryl methyl sites for hydroxylation is 1. The molecule has 7 nitrogen and oxygen atoms in total. The maximum absolute atomic E-state index is 12.9. The Morgan fingerprint density at radius 1 is 1.44 bits per heavy atom. The minimum Gasteiger partial charge on any atom is -0.480 e. The zero-order chi connectivity index (χ0) is 18.4. The molecule has 0 bridgehead atoms. The summed E-state index contributed by atoms with van der Waals surface area (Å²) in [6.45, 7) is -0.381. The van der Waals surface area contributed by atoms with E-state index in [4.69, 9.17) is 11.6 Å². The maximum atomic E-state index is 12.9. The van der Waals surface area contributed by atoms with E-state index >= 15 is 0 Å². The SMILES string of the molecule is O=C(O)C1CCCc2nn(Cc3nccc(C(F)(F)F)c3Cl)c(=O)n21. The molecule has 0 aliphatic carbocycles. The molecule has 0 aromatic carbocycles. The minimum atomic E-state index is -4.65. The van der Waals surface area contributed by atoms with Crippen molar-refractivity contribution in [1.82, 2.24) is 19.3 Å². The zero-order valence-corrected chi connectivity index (χ0v) is 13.4. The third kappa shape index (κ3) is 3.13. The Labute approximate surface area is 143 Å². The van der Waals surface area contributed by atoms with Crippen molar-refractivity contribution in [3.8, 4) is 0 Å². The Bertz CT molecular complexity index is 890. The number of nitrogens with zero attached hydrogens (tertiary/aromatic N) is 4. The first-order valence-corrected chi connectivity index (χ1v) is 7.69. The van der Waals surface area contributed by atoms with E-state index in [0.717, 1.165) is 21.5 Å². The average Bonchev–Trinajstić information content (AvgIpc) is 2.84. The smallest absolute Gasteiger partial charge is 0.417 e. The van der Waals surface area contributed by atoms with Gasteiger partial charge in [-0.3, -0.25) is 9.55 Å². The summed E-state index contributed by atoms with van der Waals surface area (Å²) in [6, 6.07) is -0.289. The summed E-state index contributed by atoms with van der Waals surface area (Å²) < 4.78 is 40.7. The Kier molecular flexibility index (Phi) is 4.31. The normalized spacial score (nSPS) is 17.4. The fraction of sp³-hybridized carbons (Fsp3) is 0.429. The van der Waals surface area contributed by atoms with Gasteiger partial charge in [0, 0.05) is 12.6 Å². The topological polar surface area (TPSA) is 90.0 Å². The van der Waals surface area contributed by atoms with Crippen LogP contribution in [0.3, 0.4) is 0 Å². The van der Waals surface area contributed by atoms with Crippen LogP contribution in [0.4, 0.5) is 13.2 Å². The van der Waals surface area contributed by atoms with Crippen LogP contribution in [0.15, 0.2) is 17.1 Å². The van der Waals surface area contributed by atoms with Crippen molar-refractivity contribution in [3.05, 3.63) is 44.9 Å². The van der Waals surface area contributed by atoms with Gasteiger partial charge in [-0.25, -0.2) is 14.3 Å². The summed E-state index contributed by atoms with van der Waals surface area (Å²) in [6.07, 6.45) is -2.45. The Morgan fingerprint density at radius 3 is 2.80 bits per heavy atom. The molecule has 0 fully saturated rings. The number of hydrogen-bond donors (Lipinski definition) is 1. The van der Waals surface area contributed by atoms with Gasteiger partial charge in [0.05, 0.1) is 22.8 Å². The average molecular weight is 377 g/mol. The highest BCUT2D eigenvalue weighted by atomic mass is 35.5. The molecule has 1 aliphatic rings. The van der Waals surface area contributed by atoms with Crippen LogP contribution in [-0.4, -0.2) is 30.4 Å². The van der Waals surface area contributed by atoms with Crippen LogP contribution < -0.4 is 5.69 Å². The van der Waals surface area contributed by atoms with Gasteiger partial charge < -0.3 is 5.11 Å². The Morgan fingerprint density at radius 2 is 2.16 bits per heavy atom. The number of aromatic nitrogens is 4. The predicted molar refractivity (Wildman–Crippen MR) is 79.4 cm³/mol. The van der Waals surface area contributed by atoms with Gasteiger partial charge in [0.25, 0.3) is 0 Å². The van der Waals surface area contributed by atoms with Crippen LogP contribution in [0.2, 0.25) is 5.02 Å². The summed E-state index contributed by atoms with van der Waals surface area (Å²) in [5.41, 5.74) is -1.93. The summed E-state index contributed by atoms with van der Waals surface area (Å²) in [5, 5.41) is 12.6. The van der Waals surface area contributed by atoms with Crippen LogP contribution in [0.1, 0.15) is 36.0 Å². The molecule has 1 N–H and O–H groups in total. The van der Waals surface area contributed by atoms with E-state index in [2.05, 4.69) is 10.1 Å². The molecule has 0 saturated heterocycles. The summed E-state index contributed by atoms with van der Waals surface area (Å²) in [5.74, 6) is -0.871. The number of rotatable bonds is 3. The lowest BCUT2D eigenvalue weighted by Crippen LogP contribution is -2.34. The fourth-order valence-corrected chi connectivity index (χ4v) is 3.11. The van der Waals surface area contributed by atoms with E-state index in [1.807, 2.05) is 0 Å². The number of halogens is 4. The Hall–Kier alpha value is -2.36. The van der Waals surface area contributed by atoms with Crippen LogP contribution in [-0.2, 0) is 23.9 Å². The molecule has 0 saturated carbocycles. The highest BCUT2D eigenvalue weighted by Crippen LogP contribution is 2.35. The lowest BCUT2D eigenvalue weighted by molar-refractivity contribution is -0.141. The van der Waals surface area contributed by atoms with Crippen LogP contribution in [0.5, 0.6) is 0 Å². The minimum absolute atomic E-state index is 0.166. The number of carboxylic acid groups (broad SMARTS) is 1. The number of hydrogen-bond acceptors (Lipinski definition) is 4. The van der Waals surface area contributed by atoms with Gasteiger partial charge in [0.1, 0.15) is 11.9 Å². The molecule has 25 heavy (non-hydrogen) atoms. The van der Waals surface area contributed by atoms with E-state index in [1.165, 1.54) is 0 Å². The lowest BCUT2D eigenvalue weighted by atomic mass is 10.1. The molecule has 3 heterocycles. The van der Waals surface area contributed by atoms with Crippen LogP contribution >= 0.6 is 11.6 Å². The van der Waals surface area contributed by atoms with Crippen molar-refractivity contribution < 1.29 is 23.1 Å². The first-order valence-electron chi connectivity index (χ1n) is 7.31. The molecule has 1 unspecified atom stereocenters.